The fourth-order valence-corrected chi connectivity index (χ4v) is 3.19. The van der Waals surface area contributed by atoms with Gasteiger partial charge in [-0.3, -0.25) is 10.1 Å². The standard InChI is InChI=1S/C20H15ClN2O3/c21-16-7-11-17(12-8-16)22-13-15-3-1-2-4-19(15)26-20(22)14-5-9-18(10-6-14)23(24)25/h1-12,20H,13H2. The normalized spacial score (nSPS) is 15.9. The summed E-state index contributed by atoms with van der Waals surface area (Å²) in [5.41, 5.74) is 2.95. The molecule has 3 aromatic rings. The number of para-hydroxylation sites is 1. The SMILES string of the molecule is O=[N+]([O-])c1ccc(C2Oc3ccccc3CN2c2ccc(Cl)cc2)cc1. The van der Waals surface area contributed by atoms with E-state index >= 15 is 0 Å². The predicted octanol–water partition coefficient (Wildman–Crippen LogP) is 5.35. The average molecular weight is 367 g/mol. The summed E-state index contributed by atoms with van der Waals surface area (Å²) in [4.78, 5) is 12.6. The Kier molecular flexibility index (Phi) is 4.22. The van der Waals surface area contributed by atoms with E-state index in [1.165, 1.54) is 12.1 Å². The van der Waals surface area contributed by atoms with Crippen LogP contribution in [0.1, 0.15) is 17.4 Å². The van der Waals surface area contributed by atoms with Crippen LogP contribution in [0.25, 0.3) is 0 Å². The fraction of sp³-hybridized carbons (Fsp3) is 0.100. The number of fused-ring (bicyclic) bond motifs is 1. The van der Waals surface area contributed by atoms with Crippen molar-refractivity contribution in [3.05, 3.63) is 99.1 Å². The van der Waals surface area contributed by atoms with Gasteiger partial charge in [0.15, 0.2) is 6.23 Å². The van der Waals surface area contributed by atoms with Gasteiger partial charge >= 0.3 is 0 Å². The van der Waals surface area contributed by atoms with Crippen LogP contribution < -0.4 is 9.64 Å². The van der Waals surface area contributed by atoms with Gasteiger partial charge in [0.1, 0.15) is 5.75 Å². The van der Waals surface area contributed by atoms with Gasteiger partial charge in [-0.15, -0.1) is 0 Å². The summed E-state index contributed by atoms with van der Waals surface area (Å²) in [5.74, 6) is 0.820. The Morgan fingerprint density at radius 3 is 2.38 bits per heavy atom. The number of anilines is 1. The molecular formula is C20H15ClN2O3. The van der Waals surface area contributed by atoms with Crippen LogP contribution in [0.3, 0.4) is 0 Å². The van der Waals surface area contributed by atoms with Gasteiger partial charge in [0, 0.05) is 34.0 Å². The number of benzene rings is 3. The molecule has 0 fully saturated rings. The zero-order chi connectivity index (χ0) is 18.1. The Bertz CT molecular complexity index is 942. The van der Waals surface area contributed by atoms with Crippen LogP contribution in [0.5, 0.6) is 5.75 Å². The van der Waals surface area contributed by atoms with E-state index < -0.39 is 4.92 Å². The van der Waals surface area contributed by atoms with Crippen LogP contribution >= 0.6 is 11.6 Å². The number of nitro groups is 1. The van der Waals surface area contributed by atoms with E-state index in [4.69, 9.17) is 16.3 Å². The lowest BCUT2D eigenvalue weighted by atomic mass is 10.1. The lowest BCUT2D eigenvalue weighted by Crippen LogP contribution is -2.35. The third-order valence-electron chi connectivity index (χ3n) is 4.38. The van der Waals surface area contributed by atoms with Gasteiger partial charge in [-0.25, -0.2) is 0 Å². The first kappa shape index (κ1) is 16.4. The molecule has 4 rings (SSSR count). The maximum atomic E-state index is 10.9. The molecule has 1 aliphatic rings. The minimum absolute atomic E-state index is 0.0583. The molecule has 0 saturated heterocycles. The first-order valence-electron chi connectivity index (χ1n) is 8.13. The van der Waals surface area contributed by atoms with Crippen LogP contribution in [0, 0.1) is 10.1 Å². The molecule has 1 heterocycles. The zero-order valence-corrected chi connectivity index (χ0v) is 14.5. The number of rotatable bonds is 3. The van der Waals surface area contributed by atoms with Crippen LogP contribution in [0.2, 0.25) is 5.02 Å². The van der Waals surface area contributed by atoms with Crippen LogP contribution in [-0.4, -0.2) is 4.92 Å². The summed E-state index contributed by atoms with van der Waals surface area (Å²) in [6, 6.07) is 21.9. The van der Waals surface area contributed by atoms with Crippen LogP contribution in [-0.2, 0) is 6.54 Å². The summed E-state index contributed by atoms with van der Waals surface area (Å²) in [6.07, 6.45) is -0.383. The highest BCUT2D eigenvalue weighted by atomic mass is 35.5. The predicted molar refractivity (Wildman–Crippen MR) is 101 cm³/mol. The van der Waals surface area contributed by atoms with Crippen molar-refractivity contribution in [1.82, 2.24) is 0 Å². The maximum Gasteiger partial charge on any atom is 0.269 e. The van der Waals surface area contributed by atoms with E-state index in [2.05, 4.69) is 4.90 Å². The Labute approximate surface area is 155 Å². The van der Waals surface area contributed by atoms with Crippen molar-refractivity contribution in [2.24, 2.45) is 0 Å². The van der Waals surface area contributed by atoms with Crippen molar-refractivity contribution in [3.63, 3.8) is 0 Å². The molecule has 0 aliphatic carbocycles. The molecule has 0 N–H and O–H groups in total. The van der Waals surface area contributed by atoms with E-state index in [0.29, 0.717) is 11.6 Å². The molecule has 0 amide bonds. The molecule has 0 bridgehead atoms. The monoisotopic (exact) mass is 366 g/mol. The van der Waals surface area contributed by atoms with Gasteiger partial charge in [-0.1, -0.05) is 29.8 Å². The van der Waals surface area contributed by atoms with Gasteiger partial charge in [0.05, 0.1) is 11.5 Å². The van der Waals surface area contributed by atoms with Gasteiger partial charge in [-0.2, -0.15) is 0 Å². The molecule has 0 aromatic heterocycles. The number of hydrogen-bond acceptors (Lipinski definition) is 4. The first-order chi connectivity index (χ1) is 12.6. The van der Waals surface area contributed by atoms with Crippen molar-refractivity contribution < 1.29 is 9.66 Å². The third kappa shape index (κ3) is 3.09. The quantitative estimate of drug-likeness (QED) is 0.463. The Balaban J connectivity index is 1.75. The molecule has 1 atom stereocenters. The highest BCUT2D eigenvalue weighted by molar-refractivity contribution is 6.30. The topological polar surface area (TPSA) is 55.6 Å². The lowest BCUT2D eigenvalue weighted by Gasteiger charge is -2.38. The molecular weight excluding hydrogens is 352 g/mol. The van der Waals surface area contributed by atoms with Crippen LogP contribution in [0.15, 0.2) is 72.8 Å². The van der Waals surface area contributed by atoms with E-state index in [0.717, 1.165) is 22.6 Å². The van der Waals surface area contributed by atoms with Gasteiger partial charge in [-0.05, 0) is 42.5 Å². The molecule has 0 spiro atoms. The van der Waals surface area contributed by atoms with E-state index in [9.17, 15) is 10.1 Å². The smallest absolute Gasteiger partial charge is 0.269 e. The summed E-state index contributed by atoms with van der Waals surface area (Å²) >= 11 is 6.02. The molecule has 6 heteroatoms. The van der Waals surface area contributed by atoms with Crippen molar-refractivity contribution in [1.29, 1.82) is 0 Å². The maximum absolute atomic E-state index is 10.9. The second-order valence-corrected chi connectivity index (χ2v) is 6.47. The molecule has 1 unspecified atom stereocenters. The Morgan fingerprint density at radius 1 is 1.00 bits per heavy atom. The first-order valence-corrected chi connectivity index (χ1v) is 8.51. The number of nitrogens with zero attached hydrogens (tertiary/aromatic N) is 2. The van der Waals surface area contributed by atoms with Crippen molar-refractivity contribution >= 4 is 23.0 Å². The van der Waals surface area contributed by atoms with Crippen molar-refractivity contribution in [3.8, 4) is 5.75 Å². The molecule has 26 heavy (non-hydrogen) atoms. The average Bonchev–Trinajstić information content (AvgIpc) is 2.68. The Morgan fingerprint density at radius 2 is 1.69 bits per heavy atom. The van der Waals surface area contributed by atoms with Crippen molar-refractivity contribution in [2.75, 3.05) is 4.90 Å². The Hall–Kier alpha value is -3.05. The number of ether oxygens (including phenoxy) is 1. The highest BCUT2D eigenvalue weighted by Crippen LogP contribution is 2.38. The summed E-state index contributed by atoms with van der Waals surface area (Å²) < 4.78 is 6.24. The fourth-order valence-electron chi connectivity index (χ4n) is 3.07. The molecule has 130 valence electrons. The second kappa shape index (κ2) is 6.69. The molecule has 3 aromatic carbocycles. The summed E-state index contributed by atoms with van der Waals surface area (Å²) in [7, 11) is 0. The molecule has 0 radical (unpaired) electrons. The molecule has 1 aliphatic heterocycles. The summed E-state index contributed by atoms with van der Waals surface area (Å²) in [6.45, 7) is 0.666. The molecule has 5 nitrogen and oxygen atoms in total. The lowest BCUT2D eigenvalue weighted by molar-refractivity contribution is -0.384. The van der Waals surface area contributed by atoms with E-state index in [-0.39, 0.29) is 11.9 Å². The minimum atomic E-state index is -0.405. The minimum Gasteiger partial charge on any atom is -0.466 e. The molecule has 0 saturated carbocycles. The second-order valence-electron chi connectivity index (χ2n) is 6.03. The highest BCUT2D eigenvalue weighted by Gasteiger charge is 2.29. The van der Waals surface area contributed by atoms with Gasteiger partial charge in [0.2, 0.25) is 0 Å². The van der Waals surface area contributed by atoms with E-state index in [1.54, 1.807) is 12.1 Å². The number of halogens is 1. The zero-order valence-electron chi connectivity index (χ0n) is 13.7. The summed E-state index contributed by atoms with van der Waals surface area (Å²) in [5, 5.41) is 11.6. The number of hydrogen-bond donors (Lipinski definition) is 0. The number of nitro benzene ring substituents is 1. The van der Waals surface area contributed by atoms with Crippen LogP contribution in [0.4, 0.5) is 11.4 Å². The van der Waals surface area contributed by atoms with Crippen molar-refractivity contribution in [2.45, 2.75) is 12.8 Å². The van der Waals surface area contributed by atoms with E-state index in [1.807, 2.05) is 48.5 Å². The van der Waals surface area contributed by atoms with Gasteiger partial charge < -0.3 is 9.64 Å². The van der Waals surface area contributed by atoms with Gasteiger partial charge in [0.25, 0.3) is 5.69 Å². The number of non-ortho nitro benzene ring substituents is 1. The largest absolute Gasteiger partial charge is 0.466 e. The third-order valence-corrected chi connectivity index (χ3v) is 4.63.